The molecule has 0 atom stereocenters. The highest BCUT2D eigenvalue weighted by Gasteiger charge is 2.25. The fourth-order valence-corrected chi connectivity index (χ4v) is 4.63. The number of benzene rings is 1. The Morgan fingerprint density at radius 3 is 2.52 bits per heavy atom. The van der Waals surface area contributed by atoms with E-state index in [1.165, 1.54) is 7.05 Å². The number of carbonyl (C=O) groups excluding carboxylic acids is 3. The molecule has 2 aromatic rings. The van der Waals surface area contributed by atoms with Crippen molar-refractivity contribution >= 4 is 57.5 Å². The highest BCUT2D eigenvalue weighted by molar-refractivity contribution is 7.99. The lowest BCUT2D eigenvalue weighted by molar-refractivity contribution is -0.116. The first-order chi connectivity index (χ1) is 13.9. The Balaban J connectivity index is 1.99. The highest BCUT2D eigenvalue weighted by Crippen LogP contribution is 2.34. The smallest absolute Gasteiger partial charge is 0.348 e. The maximum absolute atomic E-state index is 12.4. The number of halogens is 1. The Morgan fingerprint density at radius 1 is 1.21 bits per heavy atom. The molecule has 0 fully saturated rings. The van der Waals surface area contributed by atoms with Gasteiger partial charge in [-0.2, -0.15) is 0 Å². The molecule has 0 aliphatic heterocycles. The molecule has 1 heterocycles. The summed E-state index contributed by atoms with van der Waals surface area (Å²) in [7, 11) is 1.50. The fourth-order valence-electron chi connectivity index (χ4n) is 2.53. The van der Waals surface area contributed by atoms with Crippen LogP contribution in [0.2, 0.25) is 5.02 Å². The van der Waals surface area contributed by atoms with Crippen molar-refractivity contribution in [1.82, 2.24) is 5.32 Å². The van der Waals surface area contributed by atoms with Crippen LogP contribution >= 0.6 is 34.7 Å². The summed E-state index contributed by atoms with van der Waals surface area (Å²) in [4.78, 5) is 38.2. The van der Waals surface area contributed by atoms with Crippen LogP contribution in [0.15, 0.2) is 29.2 Å². The number of ether oxygens (including phenoxy) is 1. The second kappa shape index (κ2) is 11.2. The zero-order valence-corrected chi connectivity index (χ0v) is 18.9. The lowest BCUT2D eigenvalue weighted by Gasteiger charge is -2.07. The average molecular weight is 455 g/mol. The van der Waals surface area contributed by atoms with Crippen molar-refractivity contribution in [2.75, 3.05) is 24.7 Å². The van der Waals surface area contributed by atoms with Crippen LogP contribution in [0.5, 0.6) is 0 Å². The molecule has 0 radical (unpaired) electrons. The predicted octanol–water partition coefficient (Wildman–Crippen LogP) is 4.76. The Morgan fingerprint density at radius 2 is 1.90 bits per heavy atom. The standard InChI is InChI=1S/C20H23ClN2O4S2/c1-4-27-20(26)17-12(2)16(18(25)22-3)19(29-17)23-15(24)6-5-11-28-14-9-7-13(21)8-10-14/h7-10H,4-6,11H2,1-3H3,(H,22,25)(H,23,24). The van der Waals surface area contributed by atoms with Gasteiger partial charge in [0, 0.05) is 23.4 Å². The average Bonchev–Trinajstić information content (AvgIpc) is 3.02. The van der Waals surface area contributed by atoms with E-state index in [4.69, 9.17) is 16.3 Å². The summed E-state index contributed by atoms with van der Waals surface area (Å²) >= 11 is 8.57. The van der Waals surface area contributed by atoms with E-state index in [-0.39, 0.29) is 18.4 Å². The third kappa shape index (κ3) is 6.48. The Hall–Kier alpha value is -2.03. The van der Waals surface area contributed by atoms with Crippen LogP contribution in [-0.2, 0) is 9.53 Å². The lowest BCUT2D eigenvalue weighted by Crippen LogP contribution is -2.21. The van der Waals surface area contributed by atoms with Crippen LogP contribution in [0, 0.1) is 6.92 Å². The molecule has 2 rings (SSSR count). The number of thiophene rings is 1. The van der Waals surface area contributed by atoms with Crippen molar-refractivity contribution in [2.45, 2.75) is 31.6 Å². The topological polar surface area (TPSA) is 84.5 Å². The van der Waals surface area contributed by atoms with E-state index in [0.29, 0.717) is 38.9 Å². The van der Waals surface area contributed by atoms with Crippen LogP contribution in [0.3, 0.4) is 0 Å². The number of rotatable bonds is 9. The molecule has 2 N–H and O–H groups in total. The van der Waals surface area contributed by atoms with E-state index < -0.39 is 5.97 Å². The minimum Gasteiger partial charge on any atom is -0.462 e. The lowest BCUT2D eigenvalue weighted by atomic mass is 10.1. The van der Waals surface area contributed by atoms with Crippen molar-refractivity contribution in [2.24, 2.45) is 0 Å². The van der Waals surface area contributed by atoms with Crippen LogP contribution in [-0.4, -0.2) is 37.2 Å². The van der Waals surface area contributed by atoms with Gasteiger partial charge in [-0.15, -0.1) is 23.1 Å². The van der Waals surface area contributed by atoms with Gasteiger partial charge in [0.2, 0.25) is 5.91 Å². The van der Waals surface area contributed by atoms with Gasteiger partial charge in [-0.3, -0.25) is 9.59 Å². The van der Waals surface area contributed by atoms with E-state index in [1.54, 1.807) is 25.6 Å². The maximum atomic E-state index is 12.4. The highest BCUT2D eigenvalue weighted by atomic mass is 35.5. The number of esters is 1. The van der Waals surface area contributed by atoms with Crippen molar-refractivity contribution in [3.8, 4) is 0 Å². The first-order valence-corrected chi connectivity index (χ1v) is 11.3. The summed E-state index contributed by atoms with van der Waals surface area (Å²) in [6.45, 7) is 3.62. The molecule has 0 unspecified atom stereocenters. The van der Waals surface area contributed by atoms with Crippen molar-refractivity contribution < 1.29 is 19.1 Å². The molecule has 156 valence electrons. The summed E-state index contributed by atoms with van der Waals surface area (Å²) in [6.07, 6.45) is 0.975. The Labute approximate surface area is 183 Å². The first kappa shape index (κ1) is 23.3. The van der Waals surface area contributed by atoms with Gasteiger partial charge in [0.1, 0.15) is 9.88 Å². The number of hydrogen-bond donors (Lipinski definition) is 2. The second-order valence-electron chi connectivity index (χ2n) is 6.01. The maximum Gasteiger partial charge on any atom is 0.348 e. The third-order valence-corrected chi connectivity index (χ3v) is 6.48. The van der Waals surface area contributed by atoms with Crippen LogP contribution in [0.4, 0.5) is 5.00 Å². The normalized spacial score (nSPS) is 10.5. The number of thioether (sulfide) groups is 1. The van der Waals surface area contributed by atoms with E-state index in [2.05, 4.69) is 10.6 Å². The predicted molar refractivity (Wildman–Crippen MR) is 118 cm³/mol. The summed E-state index contributed by atoms with van der Waals surface area (Å²) < 4.78 is 5.04. The summed E-state index contributed by atoms with van der Waals surface area (Å²) in [5, 5.41) is 6.37. The quantitative estimate of drug-likeness (QED) is 0.324. The monoisotopic (exact) mass is 454 g/mol. The van der Waals surface area contributed by atoms with Crippen molar-refractivity contribution in [3.05, 3.63) is 45.3 Å². The second-order valence-corrected chi connectivity index (χ2v) is 8.64. The van der Waals surface area contributed by atoms with Crippen LogP contribution < -0.4 is 10.6 Å². The molecular formula is C20H23ClN2O4S2. The SMILES string of the molecule is CCOC(=O)c1sc(NC(=O)CCCSc2ccc(Cl)cc2)c(C(=O)NC)c1C. The minimum absolute atomic E-state index is 0.205. The van der Waals surface area contributed by atoms with Gasteiger partial charge < -0.3 is 15.4 Å². The van der Waals surface area contributed by atoms with Gasteiger partial charge in [-0.25, -0.2) is 4.79 Å². The van der Waals surface area contributed by atoms with Gasteiger partial charge >= 0.3 is 5.97 Å². The van der Waals surface area contributed by atoms with Gasteiger partial charge in [-0.1, -0.05) is 11.6 Å². The molecule has 0 bridgehead atoms. The van der Waals surface area contributed by atoms with E-state index in [0.717, 1.165) is 22.0 Å². The number of anilines is 1. The largest absolute Gasteiger partial charge is 0.462 e. The summed E-state index contributed by atoms with van der Waals surface area (Å²) in [5.41, 5.74) is 0.797. The number of nitrogens with one attached hydrogen (secondary N) is 2. The number of carbonyl (C=O) groups is 3. The van der Waals surface area contributed by atoms with Crippen molar-refractivity contribution in [3.63, 3.8) is 0 Å². The van der Waals surface area contributed by atoms with Crippen molar-refractivity contribution in [1.29, 1.82) is 0 Å². The molecule has 1 aromatic carbocycles. The van der Waals surface area contributed by atoms with E-state index >= 15 is 0 Å². The zero-order valence-electron chi connectivity index (χ0n) is 16.5. The van der Waals surface area contributed by atoms with E-state index in [9.17, 15) is 14.4 Å². The number of amides is 2. The van der Waals surface area contributed by atoms with Gasteiger partial charge in [-0.05, 0) is 55.9 Å². The molecule has 0 saturated carbocycles. The first-order valence-electron chi connectivity index (χ1n) is 9.08. The fraction of sp³-hybridized carbons (Fsp3) is 0.350. The molecule has 2 amide bonds. The molecule has 1 aromatic heterocycles. The molecule has 0 saturated heterocycles. The molecule has 6 nitrogen and oxygen atoms in total. The molecule has 0 aliphatic carbocycles. The van der Waals surface area contributed by atoms with E-state index in [1.807, 2.05) is 24.3 Å². The van der Waals surface area contributed by atoms with Gasteiger partial charge in [0.05, 0.1) is 12.2 Å². The Kier molecular flexibility index (Phi) is 9.00. The number of hydrogen-bond acceptors (Lipinski definition) is 6. The third-order valence-electron chi connectivity index (χ3n) is 3.95. The molecule has 9 heteroatoms. The Bertz CT molecular complexity index is 881. The van der Waals surface area contributed by atoms with Gasteiger partial charge in [0.25, 0.3) is 5.91 Å². The molecular weight excluding hydrogens is 432 g/mol. The summed E-state index contributed by atoms with van der Waals surface area (Å²) in [6, 6.07) is 7.54. The summed E-state index contributed by atoms with van der Waals surface area (Å²) in [5.74, 6) is -0.291. The minimum atomic E-state index is -0.500. The molecule has 0 aliphatic rings. The van der Waals surface area contributed by atoms with Crippen LogP contribution in [0.1, 0.15) is 45.4 Å². The van der Waals surface area contributed by atoms with Gasteiger partial charge in [0.15, 0.2) is 0 Å². The zero-order chi connectivity index (χ0) is 21.4. The molecule has 0 spiro atoms. The molecule has 29 heavy (non-hydrogen) atoms. The van der Waals surface area contributed by atoms with Crippen LogP contribution in [0.25, 0.3) is 0 Å².